The summed E-state index contributed by atoms with van der Waals surface area (Å²) in [4.78, 5) is 39.0. The van der Waals surface area contributed by atoms with Crippen LogP contribution in [0.5, 0.6) is 11.5 Å². The van der Waals surface area contributed by atoms with Crippen LogP contribution in [0.1, 0.15) is 32.7 Å². The first kappa shape index (κ1) is 21.1. The summed E-state index contributed by atoms with van der Waals surface area (Å²) in [6.07, 6.45) is 0.775. The molecule has 3 amide bonds. The third-order valence-electron chi connectivity index (χ3n) is 5.27. The van der Waals surface area contributed by atoms with Gasteiger partial charge in [0.1, 0.15) is 0 Å². The second-order valence-corrected chi connectivity index (χ2v) is 7.28. The van der Waals surface area contributed by atoms with Crippen molar-refractivity contribution in [1.82, 2.24) is 0 Å². The monoisotopic (exact) mass is 430 g/mol. The average molecular weight is 430 g/mol. The number of benzene rings is 3. The van der Waals surface area contributed by atoms with Gasteiger partial charge >= 0.3 is 0 Å². The molecule has 1 aliphatic rings. The first-order valence-electron chi connectivity index (χ1n) is 10.1. The highest BCUT2D eigenvalue weighted by atomic mass is 16.5. The molecule has 7 nitrogen and oxygen atoms in total. The fraction of sp³-hybridized carbons (Fsp3) is 0.160. The van der Waals surface area contributed by atoms with Gasteiger partial charge in [-0.1, -0.05) is 24.3 Å². The summed E-state index contributed by atoms with van der Waals surface area (Å²) in [5.74, 6) is 0.314. The zero-order valence-corrected chi connectivity index (χ0v) is 17.8. The molecule has 1 N–H and O–H groups in total. The Morgan fingerprint density at radius 3 is 2.19 bits per heavy atom. The van der Waals surface area contributed by atoms with E-state index in [1.807, 2.05) is 12.1 Å². The number of hydrogen-bond donors (Lipinski definition) is 1. The minimum absolute atomic E-state index is 0.181. The number of hydrogen-bond acceptors (Lipinski definition) is 5. The molecule has 3 aromatic rings. The van der Waals surface area contributed by atoms with Crippen LogP contribution in [0.4, 0.5) is 11.4 Å². The van der Waals surface area contributed by atoms with Crippen molar-refractivity contribution in [3.8, 4) is 11.5 Å². The Bertz CT molecular complexity index is 1170. The van der Waals surface area contributed by atoms with E-state index in [2.05, 4.69) is 5.32 Å². The normalized spacial score (nSPS) is 12.5. The fourth-order valence-electron chi connectivity index (χ4n) is 3.66. The molecule has 1 aliphatic heterocycles. The Labute approximate surface area is 185 Å². The Kier molecular flexibility index (Phi) is 5.89. The lowest BCUT2D eigenvalue weighted by Gasteiger charge is -2.15. The van der Waals surface area contributed by atoms with E-state index in [1.165, 1.54) is 0 Å². The van der Waals surface area contributed by atoms with E-state index < -0.39 is 0 Å². The Morgan fingerprint density at radius 1 is 0.844 bits per heavy atom. The minimum Gasteiger partial charge on any atom is -0.493 e. The van der Waals surface area contributed by atoms with Gasteiger partial charge in [-0.2, -0.15) is 0 Å². The summed E-state index contributed by atoms with van der Waals surface area (Å²) in [7, 11) is 3.14. The predicted octanol–water partition coefficient (Wildman–Crippen LogP) is 4.08. The summed E-state index contributed by atoms with van der Waals surface area (Å²) in [6.45, 7) is 0. The van der Waals surface area contributed by atoms with Gasteiger partial charge < -0.3 is 14.8 Å². The number of fused-ring (bicyclic) bond motifs is 1. The fourth-order valence-corrected chi connectivity index (χ4v) is 3.66. The SMILES string of the molecule is COc1ccc(CCC(=O)Nc2cccc(N3C(=O)c4ccccc4C3=O)c2)cc1OC. The van der Waals surface area contributed by atoms with Gasteiger partial charge in [-0.05, 0) is 54.4 Å². The van der Waals surface area contributed by atoms with Crippen LogP contribution in [0.2, 0.25) is 0 Å². The van der Waals surface area contributed by atoms with Crippen molar-refractivity contribution in [1.29, 1.82) is 0 Å². The number of imide groups is 1. The number of nitrogens with one attached hydrogen (secondary N) is 1. The second-order valence-electron chi connectivity index (χ2n) is 7.28. The zero-order chi connectivity index (χ0) is 22.7. The number of amides is 3. The van der Waals surface area contributed by atoms with Crippen molar-refractivity contribution in [2.45, 2.75) is 12.8 Å². The lowest BCUT2D eigenvalue weighted by Crippen LogP contribution is -2.29. The van der Waals surface area contributed by atoms with E-state index in [0.717, 1.165) is 10.5 Å². The summed E-state index contributed by atoms with van der Waals surface area (Å²) in [6, 6.07) is 19.0. The van der Waals surface area contributed by atoms with E-state index in [9.17, 15) is 14.4 Å². The summed E-state index contributed by atoms with van der Waals surface area (Å²) >= 11 is 0. The molecule has 0 saturated heterocycles. The van der Waals surface area contributed by atoms with Crippen LogP contribution in [0, 0.1) is 0 Å². The number of nitrogens with zero attached hydrogens (tertiary/aromatic N) is 1. The molecule has 0 aromatic heterocycles. The largest absolute Gasteiger partial charge is 0.493 e. The number of carbonyl (C=O) groups excluding carboxylic acids is 3. The minimum atomic E-state index is -0.373. The van der Waals surface area contributed by atoms with Gasteiger partial charge in [-0.15, -0.1) is 0 Å². The average Bonchev–Trinajstić information content (AvgIpc) is 3.07. The number of anilines is 2. The van der Waals surface area contributed by atoms with Crippen molar-refractivity contribution >= 4 is 29.1 Å². The summed E-state index contributed by atoms with van der Waals surface area (Å²) in [5, 5.41) is 2.83. The third-order valence-corrected chi connectivity index (χ3v) is 5.27. The maximum absolute atomic E-state index is 12.7. The van der Waals surface area contributed by atoms with Gasteiger partial charge in [0.15, 0.2) is 11.5 Å². The number of ether oxygens (including phenoxy) is 2. The highest BCUT2D eigenvalue weighted by Gasteiger charge is 2.36. The van der Waals surface area contributed by atoms with E-state index in [0.29, 0.717) is 40.4 Å². The summed E-state index contributed by atoms with van der Waals surface area (Å²) < 4.78 is 10.5. The first-order chi connectivity index (χ1) is 15.5. The van der Waals surface area contributed by atoms with Gasteiger partial charge in [0.2, 0.25) is 5.91 Å². The van der Waals surface area contributed by atoms with Crippen LogP contribution in [0.3, 0.4) is 0 Å². The standard InChI is InChI=1S/C25H22N2O5/c1-31-21-12-10-16(14-22(21)32-2)11-13-23(28)26-17-6-5-7-18(15-17)27-24(29)19-8-3-4-9-20(19)25(27)30/h3-10,12,14-15H,11,13H2,1-2H3,(H,26,28). The van der Waals surface area contributed by atoms with Gasteiger partial charge in [-0.3, -0.25) is 14.4 Å². The van der Waals surface area contributed by atoms with Crippen LogP contribution in [0.25, 0.3) is 0 Å². The van der Waals surface area contributed by atoms with Crippen LogP contribution in [-0.4, -0.2) is 31.9 Å². The Hall–Kier alpha value is -4.13. The van der Waals surface area contributed by atoms with Gasteiger partial charge in [-0.25, -0.2) is 4.90 Å². The Balaban J connectivity index is 1.43. The second kappa shape index (κ2) is 8.93. The van der Waals surface area contributed by atoms with E-state index >= 15 is 0 Å². The van der Waals surface area contributed by atoms with Crippen LogP contribution < -0.4 is 19.7 Å². The molecule has 3 aromatic carbocycles. The quantitative estimate of drug-likeness (QED) is 0.571. The Morgan fingerprint density at radius 2 is 1.53 bits per heavy atom. The third kappa shape index (κ3) is 4.05. The lowest BCUT2D eigenvalue weighted by molar-refractivity contribution is -0.116. The molecule has 32 heavy (non-hydrogen) atoms. The molecule has 0 bridgehead atoms. The van der Waals surface area contributed by atoms with Crippen LogP contribution in [0.15, 0.2) is 66.7 Å². The smallest absolute Gasteiger partial charge is 0.266 e. The molecule has 1 heterocycles. The first-order valence-corrected chi connectivity index (χ1v) is 10.1. The highest BCUT2D eigenvalue weighted by molar-refractivity contribution is 6.34. The molecule has 0 unspecified atom stereocenters. The zero-order valence-electron chi connectivity index (χ0n) is 17.8. The molecule has 162 valence electrons. The van der Waals surface area contributed by atoms with Crippen molar-refractivity contribution in [2.75, 3.05) is 24.4 Å². The molecular formula is C25H22N2O5. The van der Waals surface area contributed by atoms with Gasteiger partial charge in [0, 0.05) is 12.1 Å². The van der Waals surface area contributed by atoms with Crippen molar-refractivity contribution in [2.24, 2.45) is 0 Å². The molecule has 0 aliphatic carbocycles. The maximum Gasteiger partial charge on any atom is 0.266 e. The number of aryl methyl sites for hydroxylation is 1. The van der Waals surface area contributed by atoms with Crippen molar-refractivity contribution in [3.05, 3.63) is 83.4 Å². The molecule has 0 saturated carbocycles. The molecule has 0 spiro atoms. The van der Waals surface area contributed by atoms with E-state index in [4.69, 9.17) is 9.47 Å². The van der Waals surface area contributed by atoms with Gasteiger partial charge in [0.25, 0.3) is 11.8 Å². The highest BCUT2D eigenvalue weighted by Crippen LogP contribution is 2.30. The molecule has 0 atom stereocenters. The lowest BCUT2D eigenvalue weighted by atomic mass is 10.1. The van der Waals surface area contributed by atoms with E-state index in [-0.39, 0.29) is 24.1 Å². The number of methoxy groups -OCH3 is 2. The van der Waals surface area contributed by atoms with Crippen molar-refractivity contribution in [3.63, 3.8) is 0 Å². The van der Waals surface area contributed by atoms with Gasteiger partial charge in [0.05, 0.1) is 31.0 Å². The maximum atomic E-state index is 12.7. The predicted molar refractivity (Wildman–Crippen MR) is 121 cm³/mol. The number of rotatable bonds is 7. The summed E-state index contributed by atoms with van der Waals surface area (Å²) in [5.41, 5.74) is 2.62. The molecular weight excluding hydrogens is 408 g/mol. The molecule has 0 radical (unpaired) electrons. The van der Waals surface area contributed by atoms with Crippen LogP contribution in [-0.2, 0) is 11.2 Å². The number of carbonyl (C=O) groups is 3. The molecule has 0 fully saturated rings. The molecule has 7 heteroatoms. The van der Waals surface area contributed by atoms with Crippen molar-refractivity contribution < 1.29 is 23.9 Å². The molecule has 4 rings (SSSR count). The van der Waals surface area contributed by atoms with E-state index in [1.54, 1.807) is 68.8 Å². The topological polar surface area (TPSA) is 84.9 Å². The van der Waals surface area contributed by atoms with Crippen LogP contribution >= 0.6 is 0 Å².